The van der Waals surface area contributed by atoms with Crippen LogP contribution in [0.15, 0.2) is 18.3 Å². The summed E-state index contributed by atoms with van der Waals surface area (Å²) in [4.78, 5) is 18.4. The quantitative estimate of drug-likeness (QED) is 0.879. The molecule has 0 spiro atoms. The molecule has 1 fully saturated rings. The fourth-order valence-electron chi connectivity index (χ4n) is 2.27. The highest BCUT2D eigenvalue weighted by atomic mass is 16.5. The molecule has 5 heteroatoms. The average molecular weight is 263 g/mol. The van der Waals surface area contributed by atoms with Gasteiger partial charge in [-0.25, -0.2) is 4.98 Å². The molecule has 1 saturated heterocycles. The standard InChI is InChI=1S/C14H21N3O2/c1-3-17(10-12-5-4-8-19-12)14(18)11-6-7-16-13(9-11)15-2/h6-7,9,12H,3-5,8,10H2,1-2H3,(H,15,16). The molecule has 5 nitrogen and oxygen atoms in total. The van der Waals surface area contributed by atoms with E-state index in [4.69, 9.17) is 4.74 Å². The van der Waals surface area contributed by atoms with Gasteiger partial charge < -0.3 is 15.0 Å². The van der Waals surface area contributed by atoms with E-state index >= 15 is 0 Å². The zero-order chi connectivity index (χ0) is 13.7. The van der Waals surface area contributed by atoms with Crippen molar-refractivity contribution >= 4 is 11.7 Å². The van der Waals surface area contributed by atoms with Crippen LogP contribution in [-0.2, 0) is 4.74 Å². The van der Waals surface area contributed by atoms with E-state index in [2.05, 4.69) is 10.3 Å². The smallest absolute Gasteiger partial charge is 0.254 e. The summed E-state index contributed by atoms with van der Waals surface area (Å²) in [5, 5.41) is 2.95. The number of hydrogen-bond acceptors (Lipinski definition) is 4. The number of aromatic nitrogens is 1. The lowest BCUT2D eigenvalue weighted by Gasteiger charge is -2.24. The van der Waals surface area contributed by atoms with E-state index in [0.717, 1.165) is 19.4 Å². The molecule has 1 N–H and O–H groups in total. The Hall–Kier alpha value is -1.62. The van der Waals surface area contributed by atoms with Crippen molar-refractivity contribution in [3.05, 3.63) is 23.9 Å². The molecule has 0 aliphatic carbocycles. The van der Waals surface area contributed by atoms with Gasteiger partial charge in [-0.1, -0.05) is 0 Å². The number of pyridine rings is 1. The van der Waals surface area contributed by atoms with Gasteiger partial charge in [-0.05, 0) is 31.9 Å². The van der Waals surface area contributed by atoms with Crippen LogP contribution in [0.3, 0.4) is 0 Å². The Kier molecular flexibility index (Phi) is 4.74. The fourth-order valence-corrected chi connectivity index (χ4v) is 2.27. The summed E-state index contributed by atoms with van der Waals surface area (Å²) in [7, 11) is 1.79. The first kappa shape index (κ1) is 13.8. The predicted octanol–water partition coefficient (Wildman–Crippen LogP) is 1.76. The number of nitrogens with zero attached hydrogens (tertiary/aromatic N) is 2. The van der Waals surface area contributed by atoms with Crippen LogP contribution < -0.4 is 5.32 Å². The van der Waals surface area contributed by atoms with Crippen LogP contribution in [0.5, 0.6) is 0 Å². The Balaban J connectivity index is 2.06. The SMILES string of the molecule is CCN(CC1CCCO1)C(=O)c1ccnc(NC)c1. The van der Waals surface area contributed by atoms with Crippen molar-refractivity contribution in [2.75, 3.05) is 32.1 Å². The molecule has 19 heavy (non-hydrogen) atoms. The molecule has 0 saturated carbocycles. The summed E-state index contributed by atoms with van der Waals surface area (Å²) < 4.78 is 5.60. The van der Waals surface area contributed by atoms with Gasteiger partial charge in [0.1, 0.15) is 5.82 Å². The second-order valence-electron chi connectivity index (χ2n) is 4.66. The van der Waals surface area contributed by atoms with Crippen molar-refractivity contribution in [3.8, 4) is 0 Å². The van der Waals surface area contributed by atoms with Gasteiger partial charge in [-0.15, -0.1) is 0 Å². The van der Waals surface area contributed by atoms with Gasteiger partial charge in [0.05, 0.1) is 6.10 Å². The molecule has 1 aromatic heterocycles. The highest BCUT2D eigenvalue weighted by Gasteiger charge is 2.22. The maximum atomic E-state index is 12.4. The van der Waals surface area contributed by atoms with Gasteiger partial charge in [-0.3, -0.25) is 4.79 Å². The number of hydrogen-bond donors (Lipinski definition) is 1. The molecule has 1 unspecified atom stereocenters. The first-order valence-electron chi connectivity index (χ1n) is 6.79. The number of anilines is 1. The van der Waals surface area contributed by atoms with Crippen LogP contribution in [0.25, 0.3) is 0 Å². The molecule has 104 valence electrons. The molecule has 1 amide bonds. The minimum absolute atomic E-state index is 0.0388. The van der Waals surface area contributed by atoms with Crippen LogP contribution in [-0.4, -0.2) is 48.6 Å². The van der Waals surface area contributed by atoms with E-state index < -0.39 is 0 Å². The van der Waals surface area contributed by atoms with Crippen LogP contribution in [0.2, 0.25) is 0 Å². The monoisotopic (exact) mass is 263 g/mol. The summed E-state index contributed by atoms with van der Waals surface area (Å²) in [6.07, 6.45) is 3.98. The maximum absolute atomic E-state index is 12.4. The first-order chi connectivity index (χ1) is 9.24. The van der Waals surface area contributed by atoms with Crippen molar-refractivity contribution in [1.29, 1.82) is 0 Å². The van der Waals surface area contributed by atoms with Crippen molar-refractivity contribution in [2.45, 2.75) is 25.9 Å². The van der Waals surface area contributed by atoms with Crippen LogP contribution >= 0.6 is 0 Å². The predicted molar refractivity (Wildman–Crippen MR) is 74.3 cm³/mol. The molecule has 1 aliphatic heterocycles. The first-order valence-corrected chi connectivity index (χ1v) is 6.79. The van der Waals surface area contributed by atoms with E-state index in [1.807, 2.05) is 11.8 Å². The number of carbonyl (C=O) groups is 1. The summed E-state index contributed by atoms with van der Waals surface area (Å²) in [6.45, 7) is 4.17. The highest BCUT2D eigenvalue weighted by Crippen LogP contribution is 2.15. The number of amides is 1. The van der Waals surface area contributed by atoms with Crippen molar-refractivity contribution < 1.29 is 9.53 Å². The fraction of sp³-hybridized carbons (Fsp3) is 0.571. The highest BCUT2D eigenvalue weighted by molar-refractivity contribution is 5.94. The van der Waals surface area contributed by atoms with Crippen molar-refractivity contribution in [2.24, 2.45) is 0 Å². The molecule has 1 aromatic rings. The van der Waals surface area contributed by atoms with Gasteiger partial charge in [0.25, 0.3) is 5.91 Å². The molecular formula is C14H21N3O2. The van der Waals surface area contributed by atoms with Gasteiger partial charge >= 0.3 is 0 Å². The minimum Gasteiger partial charge on any atom is -0.376 e. The topological polar surface area (TPSA) is 54.5 Å². The maximum Gasteiger partial charge on any atom is 0.254 e. The Morgan fingerprint density at radius 2 is 2.47 bits per heavy atom. The van der Waals surface area contributed by atoms with E-state index in [1.54, 1.807) is 25.4 Å². The van der Waals surface area contributed by atoms with E-state index in [0.29, 0.717) is 24.5 Å². The van der Waals surface area contributed by atoms with E-state index in [1.165, 1.54) is 0 Å². The van der Waals surface area contributed by atoms with Crippen LogP contribution in [0.1, 0.15) is 30.1 Å². The summed E-state index contributed by atoms with van der Waals surface area (Å²) in [6, 6.07) is 3.53. The largest absolute Gasteiger partial charge is 0.376 e. The van der Waals surface area contributed by atoms with E-state index in [-0.39, 0.29) is 12.0 Å². The number of carbonyl (C=O) groups excluding carboxylic acids is 1. The molecule has 1 aliphatic rings. The number of nitrogens with one attached hydrogen (secondary N) is 1. The lowest BCUT2D eigenvalue weighted by molar-refractivity contribution is 0.0539. The zero-order valence-corrected chi connectivity index (χ0v) is 11.6. The molecule has 0 aromatic carbocycles. The van der Waals surface area contributed by atoms with E-state index in [9.17, 15) is 4.79 Å². The number of likely N-dealkylation sites (N-methyl/N-ethyl adjacent to an activating group) is 1. The Morgan fingerprint density at radius 1 is 1.63 bits per heavy atom. The van der Waals surface area contributed by atoms with Crippen LogP contribution in [0, 0.1) is 0 Å². The third-order valence-corrected chi connectivity index (χ3v) is 3.38. The van der Waals surface area contributed by atoms with Gasteiger partial charge in [-0.2, -0.15) is 0 Å². The van der Waals surface area contributed by atoms with Crippen molar-refractivity contribution in [1.82, 2.24) is 9.88 Å². The lowest BCUT2D eigenvalue weighted by atomic mass is 10.2. The van der Waals surface area contributed by atoms with Crippen molar-refractivity contribution in [3.63, 3.8) is 0 Å². The Morgan fingerprint density at radius 3 is 3.11 bits per heavy atom. The average Bonchev–Trinajstić information content (AvgIpc) is 2.97. The molecule has 0 radical (unpaired) electrons. The molecule has 1 atom stereocenters. The third-order valence-electron chi connectivity index (χ3n) is 3.38. The summed E-state index contributed by atoms with van der Waals surface area (Å²) >= 11 is 0. The zero-order valence-electron chi connectivity index (χ0n) is 11.6. The van der Waals surface area contributed by atoms with Gasteiger partial charge in [0.15, 0.2) is 0 Å². The van der Waals surface area contributed by atoms with Gasteiger partial charge in [0, 0.05) is 38.5 Å². The Labute approximate surface area is 114 Å². The molecule has 2 heterocycles. The Bertz CT molecular complexity index is 430. The minimum atomic E-state index is 0.0388. The normalized spacial score (nSPS) is 18.3. The summed E-state index contributed by atoms with van der Waals surface area (Å²) in [5.41, 5.74) is 0.666. The number of ether oxygens (including phenoxy) is 1. The molecule has 0 bridgehead atoms. The molecule has 2 rings (SSSR count). The molecular weight excluding hydrogens is 242 g/mol. The number of rotatable bonds is 5. The second kappa shape index (κ2) is 6.52. The van der Waals surface area contributed by atoms with Crippen LogP contribution in [0.4, 0.5) is 5.82 Å². The van der Waals surface area contributed by atoms with Gasteiger partial charge in [0.2, 0.25) is 0 Å². The second-order valence-corrected chi connectivity index (χ2v) is 4.66. The lowest BCUT2D eigenvalue weighted by Crippen LogP contribution is -2.37. The third kappa shape index (κ3) is 3.44. The summed E-state index contributed by atoms with van der Waals surface area (Å²) in [5.74, 6) is 0.746.